The highest BCUT2D eigenvalue weighted by molar-refractivity contribution is 7.15. The largest absolute Gasteiger partial charge is 0.480 e. The van der Waals surface area contributed by atoms with Crippen molar-refractivity contribution >= 4 is 40.5 Å². The fourth-order valence-corrected chi connectivity index (χ4v) is 5.17. The maximum absolute atomic E-state index is 13.2. The Kier molecular flexibility index (Phi) is 8.29. The van der Waals surface area contributed by atoms with E-state index in [1.54, 1.807) is 27.0 Å². The second kappa shape index (κ2) is 11.6. The molecular weight excluding hydrogens is 520 g/mol. The van der Waals surface area contributed by atoms with Crippen LogP contribution in [0.3, 0.4) is 0 Å². The molecule has 0 saturated carbocycles. The van der Waals surface area contributed by atoms with Gasteiger partial charge in [-0.05, 0) is 44.7 Å². The molecule has 2 aromatic carbocycles. The Bertz CT molecular complexity index is 1300. The second-order valence-corrected chi connectivity index (χ2v) is 11.2. The molecule has 2 unspecified atom stereocenters. The van der Waals surface area contributed by atoms with E-state index in [-0.39, 0.29) is 6.42 Å². The molecule has 1 aromatic heterocycles. The summed E-state index contributed by atoms with van der Waals surface area (Å²) in [5.74, 6) is -2.65. The number of likely N-dealkylation sites (tertiary alicyclic amines) is 1. The molecule has 4 amide bonds. The highest BCUT2D eigenvalue weighted by Crippen LogP contribution is 2.33. The molecule has 2 atom stereocenters. The first kappa shape index (κ1) is 27.8. The summed E-state index contributed by atoms with van der Waals surface area (Å²) >= 11 is 1.21. The zero-order valence-corrected chi connectivity index (χ0v) is 22.6. The highest BCUT2D eigenvalue weighted by Gasteiger charge is 2.54. The zero-order valence-electron chi connectivity index (χ0n) is 21.8. The van der Waals surface area contributed by atoms with Gasteiger partial charge in [0.05, 0.1) is 12.0 Å². The molecule has 1 saturated heterocycles. The summed E-state index contributed by atoms with van der Waals surface area (Å²) in [7, 11) is 0. The number of urea groups is 1. The van der Waals surface area contributed by atoms with Crippen LogP contribution in [0.25, 0.3) is 0 Å². The second-order valence-electron chi connectivity index (χ2n) is 10.1. The summed E-state index contributed by atoms with van der Waals surface area (Å²) in [6, 6.07) is 15.9. The van der Waals surface area contributed by atoms with Crippen LogP contribution >= 0.6 is 11.3 Å². The van der Waals surface area contributed by atoms with Crippen molar-refractivity contribution in [1.82, 2.24) is 15.2 Å². The lowest BCUT2D eigenvalue weighted by Gasteiger charge is -2.43. The van der Waals surface area contributed by atoms with Crippen LogP contribution in [-0.2, 0) is 20.7 Å². The van der Waals surface area contributed by atoms with Crippen LogP contribution in [0.1, 0.15) is 49.2 Å². The monoisotopic (exact) mass is 550 g/mol. The van der Waals surface area contributed by atoms with E-state index in [9.17, 15) is 24.3 Å². The number of carbonyl (C=O) groups excluding carboxylic acids is 3. The number of aliphatic carboxylic acids is 1. The molecule has 0 bridgehead atoms. The first-order chi connectivity index (χ1) is 18.5. The Hall–Kier alpha value is -4.25. The van der Waals surface area contributed by atoms with Crippen LogP contribution < -0.4 is 10.6 Å². The third kappa shape index (κ3) is 6.80. The number of thiazole rings is 1. The van der Waals surface area contributed by atoms with Crippen LogP contribution in [0.2, 0.25) is 0 Å². The first-order valence-corrected chi connectivity index (χ1v) is 13.3. The van der Waals surface area contributed by atoms with E-state index in [4.69, 9.17) is 4.74 Å². The number of aromatic nitrogens is 1. The molecule has 10 nitrogen and oxygen atoms in total. The molecule has 3 N–H and O–H groups in total. The van der Waals surface area contributed by atoms with Crippen molar-refractivity contribution in [2.75, 3.05) is 5.32 Å². The van der Waals surface area contributed by atoms with Crippen LogP contribution in [0, 0.1) is 5.92 Å². The minimum absolute atomic E-state index is 0.217. The molecule has 4 rings (SSSR count). The van der Waals surface area contributed by atoms with E-state index in [0.717, 1.165) is 20.9 Å². The van der Waals surface area contributed by atoms with E-state index in [1.807, 2.05) is 60.7 Å². The van der Waals surface area contributed by atoms with Crippen LogP contribution in [0.5, 0.6) is 0 Å². The summed E-state index contributed by atoms with van der Waals surface area (Å²) < 4.78 is 5.21. The van der Waals surface area contributed by atoms with E-state index < -0.39 is 47.6 Å². The van der Waals surface area contributed by atoms with Gasteiger partial charge in [-0.3, -0.25) is 10.1 Å². The van der Waals surface area contributed by atoms with Gasteiger partial charge >= 0.3 is 18.1 Å². The Labute approximate surface area is 230 Å². The standard InChI is InChI=1S/C28H30N4O6S/c1-28(2,3)38-27(37)31-25-29-16-19(39-25)14-15-20-22(24(34)35)32(23(20)33)26(36)30-21(17-10-6-4-7-11-17)18-12-8-5-9-13-18/h4-13,16,20-22H,14-15H2,1-3H3,(H,30,36)(H,34,35)(H,29,31,37). The van der Waals surface area contributed by atoms with Crippen molar-refractivity contribution < 1.29 is 29.0 Å². The van der Waals surface area contributed by atoms with Crippen molar-refractivity contribution in [3.8, 4) is 0 Å². The minimum atomic E-state index is -1.28. The predicted molar refractivity (Wildman–Crippen MR) is 145 cm³/mol. The lowest BCUT2D eigenvalue weighted by Crippen LogP contribution is -2.68. The number of ether oxygens (including phenoxy) is 1. The van der Waals surface area contributed by atoms with Crippen molar-refractivity contribution in [2.24, 2.45) is 5.92 Å². The fourth-order valence-electron chi connectivity index (χ4n) is 4.35. The zero-order chi connectivity index (χ0) is 28.2. The SMILES string of the molecule is CC(C)(C)OC(=O)Nc1ncc(CCC2C(=O)N(C(=O)NC(c3ccccc3)c3ccccc3)C2C(=O)O)s1. The summed E-state index contributed by atoms with van der Waals surface area (Å²) in [5, 5.41) is 15.6. The number of benzene rings is 2. The van der Waals surface area contributed by atoms with Crippen LogP contribution in [0.4, 0.5) is 14.7 Å². The molecule has 0 radical (unpaired) electrons. The van der Waals surface area contributed by atoms with Gasteiger partial charge in [0.25, 0.3) is 0 Å². The number of β-lactam (4-membered cyclic amide) rings is 1. The molecule has 2 heterocycles. The first-order valence-electron chi connectivity index (χ1n) is 12.4. The number of anilines is 1. The number of aryl methyl sites for hydroxylation is 1. The van der Waals surface area contributed by atoms with E-state index in [2.05, 4.69) is 15.6 Å². The molecule has 0 aliphatic carbocycles. The Balaban J connectivity index is 1.40. The number of hydrogen-bond acceptors (Lipinski definition) is 7. The Morgan fingerprint density at radius 2 is 1.64 bits per heavy atom. The number of rotatable bonds is 8. The number of carboxylic acids is 1. The van der Waals surface area contributed by atoms with Gasteiger partial charge in [-0.25, -0.2) is 24.3 Å². The van der Waals surface area contributed by atoms with Gasteiger partial charge in [0.1, 0.15) is 5.60 Å². The number of nitrogens with zero attached hydrogens (tertiary/aromatic N) is 2. The maximum Gasteiger partial charge on any atom is 0.413 e. The number of amides is 4. The summed E-state index contributed by atoms with van der Waals surface area (Å²) in [6.07, 6.45) is 1.51. The van der Waals surface area contributed by atoms with Gasteiger partial charge in [-0.2, -0.15) is 0 Å². The predicted octanol–water partition coefficient (Wildman–Crippen LogP) is 4.83. The number of hydrogen-bond donors (Lipinski definition) is 3. The van der Waals surface area contributed by atoms with Crippen LogP contribution in [0.15, 0.2) is 66.9 Å². The lowest BCUT2D eigenvalue weighted by molar-refractivity contribution is -0.166. The van der Waals surface area contributed by atoms with Gasteiger partial charge in [0, 0.05) is 11.1 Å². The van der Waals surface area contributed by atoms with Gasteiger partial charge in [0.15, 0.2) is 11.2 Å². The van der Waals surface area contributed by atoms with Gasteiger partial charge in [-0.1, -0.05) is 60.7 Å². The van der Waals surface area contributed by atoms with Crippen molar-refractivity contribution in [3.05, 3.63) is 82.9 Å². The Morgan fingerprint density at radius 3 is 2.18 bits per heavy atom. The maximum atomic E-state index is 13.2. The molecule has 204 valence electrons. The smallest absolute Gasteiger partial charge is 0.413 e. The molecular formula is C28H30N4O6S. The molecule has 1 fully saturated rings. The van der Waals surface area contributed by atoms with E-state index >= 15 is 0 Å². The van der Waals surface area contributed by atoms with Crippen molar-refractivity contribution in [3.63, 3.8) is 0 Å². The molecule has 1 aliphatic rings. The number of nitrogens with one attached hydrogen (secondary N) is 2. The molecule has 11 heteroatoms. The number of carbonyl (C=O) groups is 4. The van der Waals surface area contributed by atoms with E-state index in [0.29, 0.717) is 11.6 Å². The van der Waals surface area contributed by atoms with Crippen molar-refractivity contribution in [2.45, 2.75) is 51.3 Å². The van der Waals surface area contributed by atoms with Crippen molar-refractivity contribution in [1.29, 1.82) is 0 Å². The fraction of sp³-hybridized carbons (Fsp3) is 0.321. The van der Waals surface area contributed by atoms with Gasteiger partial charge in [-0.15, -0.1) is 11.3 Å². The molecule has 0 spiro atoms. The average Bonchev–Trinajstić information content (AvgIpc) is 3.32. The quantitative estimate of drug-likeness (QED) is 0.342. The number of carboxylic acid groups (broad SMARTS) is 1. The topological polar surface area (TPSA) is 138 Å². The summed E-state index contributed by atoms with van der Waals surface area (Å²) in [5.41, 5.74) is 0.949. The van der Waals surface area contributed by atoms with Gasteiger partial charge in [0.2, 0.25) is 5.91 Å². The summed E-state index contributed by atoms with van der Waals surface area (Å²) in [4.78, 5) is 55.9. The molecule has 1 aliphatic heterocycles. The lowest BCUT2D eigenvalue weighted by atomic mass is 9.83. The average molecular weight is 551 g/mol. The third-order valence-electron chi connectivity index (χ3n) is 6.08. The van der Waals surface area contributed by atoms with E-state index in [1.165, 1.54) is 11.3 Å². The summed E-state index contributed by atoms with van der Waals surface area (Å²) in [6.45, 7) is 5.25. The Morgan fingerprint density at radius 1 is 1.05 bits per heavy atom. The molecule has 3 aromatic rings. The minimum Gasteiger partial charge on any atom is -0.480 e. The number of imide groups is 1. The third-order valence-corrected chi connectivity index (χ3v) is 7.06. The van der Waals surface area contributed by atoms with Crippen LogP contribution in [-0.4, -0.2) is 50.6 Å². The van der Waals surface area contributed by atoms with Gasteiger partial charge < -0.3 is 15.2 Å². The highest BCUT2D eigenvalue weighted by atomic mass is 32.1. The molecule has 39 heavy (non-hydrogen) atoms. The normalized spacial score (nSPS) is 16.9.